The van der Waals surface area contributed by atoms with Crippen molar-refractivity contribution in [1.29, 1.82) is 0 Å². The molecule has 2 aromatic heterocycles. The van der Waals surface area contributed by atoms with Crippen molar-refractivity contribution in [1.82, 2.24) is 14.9 Å². The van der Waals surface area contributed by atoms with Gasteiger partial charge in [0.15, 0.2) is 0 Å². The zero-order valence-corrected chi connectivity index (χ0v) is 18.8. The molecule has 4 rings (SSSR count). The molecule has 9 heteroatoms. The van der Waals surface area contributed by atoms with E-state index in [9.17, 15) is 18.0 Å². The number of rotatable bonds is 5. The summed E-state index contributed by atoms with van der Waals surface area (Å²) < 4.78 is 41.0. The summed E-state index contributed by atoms with van der Waals surface area (Å²) in [4.78, 5) is 24.6. The van der Waals surface area contributed by atoms with Crippen LogP contribution >= 0.6 is 0 Å². The highest BCUT2D eigenvalue weighted by atomic mass is 19.3. The highest BCUT2D eigenvalue weighted by molar-refractivity contribution is 5.93. The second-order valence-electron chi connectivity index (χ2n) is 8.28. The molecule has 1 fully saturated rings. The number of pyridine rings is 2. The zero-order chi connectivity index (χ0) is 23.7. The Balaban J connectivity index is 1.64. The van der Waals surface area contributed by atoms with Gasteiger partial charge in [-0.15, -0.1) is 0 Å². The Labute approximate surface area is 190 Å². The number of carbonyl (C=O) groups excluding carboxylic acids is 1. The minimum absolute atomic E-state index is 0.0596. The van der Waals surface area contributed by atoms with Gasteiger partial charge in [-0.3, -0.25) is 9.78 Å². The maximum Gasteiger partial charge on any atom is 0.266 e. The van der Waals surface area contributed by atoms with Crippen molar-refractivity contribution in [2.24, 2.45) is 0 Å². The van der Waals surface area contributed by atoms with E-state index in [2.05, 4.69) is 20.2 Å². The number of alkyl halides is 2. The Morgan fingerprint density at radius 2 is 1.82 bits per heavy atom. The average Bonchev–Trinajstić information content (AvgIpc) is 2.78. The predicted molar refractivity (Wildman–Crippen MR) is 122 cm³/mol. The molecular weight excluding hydrogens is 431 g/mol. The van der Waals surface area contributed by atoms with Gasteiger partial charge in [-0.1, -0.05) is 18.2 Å². The third kappa shape index (κ3) is 4.72. The molecule has 0 spiro atoms. The van der Waals surface area contributed by atoms with Crippen molar-refractivity contribution in [3.05, 3.63) is 59.2 Å². The molecule has 6 nitrogen and oxygen atoms in total. The molecule has 1 atom stereocenters. The van der Waals surface area contributed by atoms with Gasteiger partial charge in [0.1, 0.15) is 11.6 Å². The highest BCUT2D eigenvalue weighted by Gasteiger charge is 2.22. The van der Waals surface area contributed by atoms with Crippen LogP contribution in [0.25, 0.3) is 10.9 Å². The van der Waals surface area contributed by atoms with E-state index in [1.54, 1.807) is 24.9 Å². The quantitative estimate of drug-likeness (QED) is 0.593. The second-order valence-corrected chi connectivity index (χ2v) is 8.28. The van der Waals surface area contributed by atoms with E-state index in [1.807, 2.05) is 19.1 Å². The fourth-order valence-electron chi connectivity index (χ4n) is 4.18. The number of aryl methyl sites for hydroxylation is 1. The molecule has 1 N–H and O–H groups in total. The predicted octanol–water partition coefficient (Wildman–Crippen LogP) is 4.86. The van der Waals surface area contributed by atoms with E-state index in [-0.39, 0.29) is 11.5 Å². The molecule has 0 bridgehead atoms. The Bertz CT molecular complexity index is 1180. The van der Waals surface area contributed by atoms with Crippen LogP contribution < -0.4 is 10.2 Å². The lowest BCUT2D eigenvalue weighted by Gasteiger charge is -2.35. The summed E-state index contributed by atoms with van der Waals surface area (Å²) in [6, 6.07) is 7.28. The van der Waals surface area contributed by atoms with Crippen LogP contribution in [0, 0.1) is 12.7 Å². The molecular formula is C24H26F3N5O. The number of hydrogen-bond donors (Lipinski definition) is 1. The number of aromatic nitrogens is 2. The Kier molecular flexibility index (Phi) is 6.40. The Morgan fingerprint density at radius 1 is 1.12 bits per heavy atom. The zero-order valence-electron chi connectivity index (χ0n) is 18.8. The van der Waals surface area contributed by atoms with Crippen molar-refractivity contribution in [3.63, 3.8) is 0 Å². The standard InChI is InChI=1S/C24H26F3N5O/c1-14-11-20(30-15(2)17-5-4-6-18(23(17)25)24(26)27)19-12-22(28-13-21(19)29-14)32-9-7-31(8-10-32)16(3)33/h4-6,11-13,15,24H,7-10H2,1-3H3,(H,29,30)/t15-/m1/s1. The van der Waals surface area contributed by atoms with Crippen LogP contribution in [0.5, 0.6) is 0 Å². The first-order valence-electron chi connectivity index (χ1n) is 10.9. The third-order valence-corrected chi connectivity index (χ3v) is 5.99. The Morgan fingerprint density at radius 3 is 2.48 bits per heavy atom. The van der Waals surface area contributed by atoms with Gasteiger partial charge < -0.3 is 15.1 Å². The van der Waals surface area contributed by atoms with Gasteiger partial charge in [-0.05, 0) is 26.0 Å². The van der Waals surface area contributed by atoms with Crippen molar-refractivity contribution in [2.45, 2.75) is 33.2 Å². The van der Waals surface area contributed by atoms with Crippen LogP contribution in [-0.2, 0) is 4.79 Å². The van der Waals surface area contributed by atoms with E-state index >= 15 is 0 Å². The summed E-state index contributed by atoms with van der Waals surface area (Å²) in [5, 5.41) is 4.08. The lowest BCUT2D eigenvalue weighted by Crippen LogP contribution is -2.48. The summed E-state index contributed by atoms with van der Waals surface area (Å²) in [5.41, 5.74) is 1.72. The number of fused-ring (bicyclic) bond motifs is 1. The SMILES string of the molecule is CC(=O)N1CCN(c2cc3c(N[C@H](C)c4cccc(C(F)F)c4F)cc(C)nc3cn2)CC1. The Hall–Kier alpha value is -3.36. The normalized spacial score (nSPS) is 15.2. The first-order valence-corrected chi connectivity index (χ1v) is 10.9. The molecule has 33 heavy (non-hydrogen) atoms. The summed E-state index contributed by atoms with van der Waals surface area (Å²) in [6.45, 7) is 7.74. The first kappa shape index (κ1) is 22.8. The minimum Gasteiger partial charge on any atom is -0.378 e. The van der Waals surface area contributed by atoms with Crippen LogP contribution in [0.2, 0.25) is 0 Å². The number of halogens is 3. The number of hydrogen-bond acceptors (Lipinski definition) is 5. The highest BCUT2D eigenvalue weighted by Crippen LogP contribution is 2.32. The lowest BCUT2D eigenvalue weighted by molar-refractivity contribution is -0.129. The van der Waals surface area contributed by atoms with Crippen molar-refractivity contribution >= 4 is 28.3 Å². The maximum absolute atomic E-state index is 14.7. The fourth-order valence-corrected chi connectivity index (χ4v) is 4.18. The van der Waals surface area contributed by atoms with Gasteiger partial charge in [-0.25, -0.2) is 18.2 Å². The van der Waals surface area contributed by atoms with Crippen LogP contribution in [0.1, 0.15) is 43.1 Å². The molecule has 1 aliphatic rings. The number of benzene rings is 1. The van der Waals surface area contributed by atoms with Crippen LogP contribution in [-0.4, -0.2) is 47.0 Å². The van der Waals surface area contributed by atoms with Gasteiger partial charge in [0, 0.05) is 55.4 Å². The molecule has 3 heterocycles. The molecule has 3 aromatic rings. The minimum atomic E-state index is -2.88. The van der Waals surface area contributed by atoms with E-state index in [0.29, 0.717) is 31.7 Å². The number of piperazine rings is 1. The molecule has 0 unspecified atom stereocenters. The van der Waals surface area contributed by atoms with Gasteiger partial charge in [0.2, 0.25) is 5.91 Å². The first-order chi connectivity index (χ1) is 15.7. The van der Waals surface area contributed by atoms with Gasteiger partial charge in [-0.2, -0.15) is 0 Å². The van der Waals surface area contributed by atoms with Crippen LogP contribution in [0.4, 0.5) is 24.7 Å². The molecule has 1 amide bonds. The van der Waals surface area contributed by atoms with E-state index < -0.39 is 23.8 Å². The van der Waals surface area contributed by atoms with Gasteiger partial charge in [0.05, 0.1) is 23.3 Å². The maximum atomic E-state index is 14.7. The van der Waals surface area contributed by atoms with Crippen molar-refractivity contribution in [2.75, 3.05) is 36.4 Å². The van der Waals surface area contributed by atoms with Crippen molar-refractivity contribution in [3.8, 4) is 0 Å². The van der Waals surface area contributed by atoms with Crippen LogP contribution in [0.3, 0.4) is 0 Å². The van der Waals surface area contributed by atoms with E-state index in [0.717, 1.165) is 28.7 Å². The van der Waals surface area contributed by atoms with Gasteiger partial charge in [0.25, 0.3) is 6.43 Å². The monoisotopic (exact) mass is 457 g/mol. The average molecular weight is 458 g/mol. The van der Waals surface area contributed by atoms with Crippen molar-refractivity contribution < 1.29 is 18.0 Å². The second kappa shape index (κ2) is 9.25. The largest absolute Gasteiger partial charge is 0.378 e. The topological polar surface area (TPSA) is 61.4 Å². The number of carbonyl (C=O) groups is 1. The summed E-state index contributed by atoms with van der Waals surface area (Å²) in [7, 11) is 0. The van der Waals surface area contributed by atoms with Gasteiger partial charge >= 0.3 is 0 Å². The summed E-state index contributed by atoms with van der Waals surface area (Å²) >= 11 is 0. The van der Waals surface area contributed by atoms with Crippen LogP contribution in [0.15, 0.2) is 36.5 Å². The smallest absolute Gasteiger partial charge is 0.266 e. The fraction of sp³-hybridized carbons (Fsp3) is 0.375. The number of nitrogens with one attached hydrogen (secondary N) is 1. The molecule has 174 valence electrons. The van der Waals surface area contributed by atoms with E-state index in [4.69, 9.17) is 0 Å². The lowest BCUT2D eigenvalue weighted by atomic mass is 10.0. The molecule has 0 aliphatic carbocycles. The summed E-state index contributed by atoms with van der Waals surface area (Å²) in [5.74, 6) is -0.0735. The third-order valence-electron chi connectivity index (χ3n) is 5.99. The molecule has 1 aliphatic heterocycles. The number of nitrogens with zero attached hydrogens (tertiary/aromatic N) is 4. The number of amides is 1. The molecule has 0 radical (unpaired) electrons. The molecule has 1 saturated heterocycles. The molecule has 0 saturated carbocycles. The summed E-state index contributed by atoms with van der Waals surface area (Å²) in [6.07, 6.45) is -1.18. The molecule has 1 aromatic carbocycles. The van der Waals surface area contributed by atoms with E-state index in [1.165, 1.54) is 12.1 Å². The number of anilines is 2.